The van der Waals surface area contributed by atoms with Crippen molar-refractivity contribution >= 4 is 5.84 Å². The van der Waals surface area contributed by atoms with Gasteiger partial charge >= 0.3 is 0 Å². The molecule has 0 aromatic heterocycles. The highest BCUT2D eigenvalue weighted by atomic mass is 16.5. The molecule has 1 rings (SSSR count). The molecule has 2 unspecified atom stereocenters. The molecule has 1 aliphatic carbocycles. The lowest BCUT2D eigenvalue weighted by Crippen LogP contribution is -2.50. The molecule has 0 aromatic carbocycles. The van der Waals surface area contributed by atoms with Crippen LogP contribution in [0.4, 0.5) is 0 Å². The van der Waals surface area contributed by atoms with Crippen LogP contribution in [-0.2, 0) is 4.74 Å². The third-order valence-electron chi connectivity index (χ3n) is 3.26. The van der Waals surface area contributed by atoms with Crippen molar-refractivity contribution in [2.75, 3.05) is 20.7 Å². The molecule has 2 atom stereocenters. The van der Waals surface area contributed by atoms with Crippen LogP contribution in [0.15, 0.2) is 0 Å². The topological polar surface area (TPSA) is 36.3 Å². The van der Waals surface area contributed by atoms with E-state index < -0.39 is 0 Å². The van der Waals surface area contributed by atoms with Gasteiger partial charge in [0.15, 0.2) is 0 Å². The summed E-state index contributed by atoms with van der Waals surface area (Å²) in [6.45, 7) is 4.97. The van der Waals surface area contributed by atoms with Crippen LogP contribution in [0, 0.1) is 11.3 Å². The van der Waals surface area contributed by atoms with Gasteiger partial charge in [-0.05, 0) is 32.1 Å². The van der Waals surface area contributed by atoms with Crippen LogP contribution in [0.3, 0.4) is 0 Å². The van der Waals surface area contributed by atoms with E-state index in [1.54, 1.807) is 0 Å². The molecule has 0 amide bonds. The van der Waals surface area contributed by atoms with E-state index in [-0.39, 0.29) is 5.60 Å². The van der Waals surface area contributed by atoms with Crippen molar-refractivity contribution in [1.29, 1.82) is 5.41 Å². The average molecular weight is 212 g/mol. The molecule has 1 saturated carbocycles. The van der Waals surface area contributed by atoms with Crippen molar-refractivity contribution in [3.05, 3.63) is 0 Å². The molecule has 0 spiro atoms. The number of hydrogen-bond donors (Lipinski definition) is 1. The van der Waals surface area contributed by atoms with Crippen molar-refractivity contribution in [3.8, 4) is 0 Å². The van der Waals surface area contributed by atoms with E-state index in [4.69, 9.17) is 10.1 Å². The van der Waals surface area contributed by atoms with Crippen molar-refractivity contribution in [1.82, 2.24) is 4.90 Å². The van der Waals surface area contributed by atoms with Crippen LogP contribution in [0.2, 0.25) is 0 Å². The number of likely N-dealkylation sites (N-methyl/N-ethyl adjacent to an activating group) is 1. The lowest BCUT2D eigenvalue weighted by Gasteiger charge is -2.41. The summed E-state index contributed by atoms with van der Waals surface area (Å²) < 4.78 is 5.90. The fraction of sp³-hybridized carbons (Fsp3) is 0.917. The summed E-state index contributed by atoms with van der Waals surface area (Å²) in [5.74, 6) is 1.31. The fourth-order valence-electron chi connectivity index (χ4n) is 2.60. The molecule has 15 heavy (non-hydrogen) atoms. The first kappa shape index (κ1) is 12.5. The lowest BCUT2D eigenvalue weighted by atomic mass is 9.77. The molecule has 0 bridgehead atoms. The molecule has 0 radical (unpaired) electrons. The highest BCUT2D eigenvalue weighted by molar-refractivity contribution is 5.87. The van der Waals surface area contributed by atoms with Crippen molar-refractivity contribution in [3.63, 3.8) is 0 Å². The van der Waals surface area contributed by atoms with Crippen LogP contribution < -0.4 is 0 Å². The maximum Gasteiger partial charge on any atom is 0.128 e. The molecule has 0 heterocycles. The van der Waals surface area contributed by atoms with Crippen LogP contribution in [0.5, 0.6) is 0 Å². The largest absolute Gasteiger partial charge is 0.367 e. The summed E-state index contributed by atoms with van der Waals surface area (Å²) in [5.41, 5.74) is -0.310. The van der Waals surface area contributed by atoms with Gasteiger partial charge in [-0.1, -0.05) is 13.3 Å². The minimum atomic E-state index is -0.310. The number of rotatable bonds is 3. The van der Waals surface area contributed by atoms with Gasteiger partial charge in [0.2, 0.25) is 0 Å². The van der Waals surface area contributed by atoms with Gasteiger partial charge in [-0.25, -0.2) is 0 Å². The fourth-order valence-corrected chi connectivity index (χ4v) is 2.60. The first-order chi connectivity index (χ1) is 7.02. The Morgan fingerprint density at radius 3 is 2.67 bits per heavy atom. The maximum absolute atomic E-state index is 8.18. The van der Waals surface area contributed by atoms with E-state index >= 15 is 0 Å². The highest BCUT2D eigenvalue weighted by Crippen LogP contribution is 2.36. The molecule has 0 aliphatic heterocycles. The zero-order valence-corrected chi connectivity index (χ0v) is 10.5. The molecule has 88 valence electrons. The number of nitrogens with one attached hydrogen (secondary N) is 1. The predicted molar refractivity (Wildman–Crippen MR) is 63.4 cm³/mol. The third kappa shape index (κ3) is 2.71. The first-order valence-electron chi connectivity index (χ1n) is 5.92. The van der Waals surface area contributed by atoms with Crippen molar-refractivity contribution in [2.45, 2.75) is 45.1 Å². The second kappa shape index (κ2) is 4.97. The van der Waals surface area contributed by atoms with Crippen LogP contribution in [0.1, 0.15) is 39.5 Å². The Morgan fingerprint density at radius 2 is 2.20 bits per heavy atom. The monoisotopic (exact) mass is 212 g/mol. The smallest absolute Gasteiger partial charge is 0.128 e. The SMILES string of the molecule is CCOC1(C(=N)N(C)C)CCCC(C)C1. The Bertz CT molecular complexity index is 224. The first-order valence-corrected chi connectivity index (χ1v) is 5.92. The standard InChI is InChI=1S/C12H24N2O/c1-5-15-12(11(13)14(3)4)8-6-7-10(2)9-12/h10,13H,5-9H2,1-4H3. The quantitative estimate of drug-likeness (QED) is 0.576. The van der Waals surface area contributed by atoms with Gasteiger partial charge in [-0.3, -0.25) is 5.41 Å². The minimum Gasteiger partial charge on any atom is -0.367 e. The highest BCUT2D eigenvalue weighted by Gasteiger charge is 2.40. The second-order valence-electron chi connectivity index (χ2n) is 4.87. The summed E-state index contributed by atoms with van der Waals surface area (Å²) in [4.78, 5) is 1.88. The Labute approximate surface area is 93.3 Å². The molecule has 3 heteroatoms. The summed E-state index contributed by atoms with van der Waals surface area (Å²) in [7, 11) is 3.87. The molecule has 1 N–H and O–H groups in total. The number of nitrogens with zero attached hydrogens (tertiary/aromatic N) is 1. The lowest BCUT2D eigenvalue weighted by molar-refractivity contribution is -0.0307. The average Bonchev–Trinajstić information content (AvgIpc) is 2.17. The number of amidine groups is 1. The molecule has 0 saturated heterocycles. The Morgan fingerprint density at radius 1 is 1.53 bits per heavy atom. The Kier molecular flexibility index (Phi) is 4.14. The zero-order chi connectivity index (χ0) is 11.5. The van der Waals surface area contributed by atoms with Gasteiger partial charge in [0, 0.05) is 20.7 Å². The van der Waals surface area contributed by atoms with Gasteiger partial charge in [0.25, 0.3) is 0 Å². The third-order valence-corrected chi connectivity index (χ3v) is 3.26. The summed E-state index contributed by atoms with van der Waals surface area (Å²) in [5, 5.41) is 8.18. The minimum absolute atomic E-state index is 0.310. The maximum atomic E-state index is 8.18. The van der Waals surface area contributed by atoms with Gasteiger partial charge in [-0.2, -0.15) is 0 Å². The second-order valence-corrected chi connectivity index (χ2v) is 4.87. The van der Waals surface area contributed by atoms with Gasteiger partial charge < -0.3 is 9.64 Å². The van der Waals surface area contributed by atoms with E-state index in [0.717, 1.165) is 12.8 Å². The van der Waals surface area contributed by atoms with E-state index in [0.29, 0.717) is 18.4 Å². The van der Waals surface area contributed by atoms with Gasteiger partial charge in [0.1, 0.15) is 11.4 Å². The van der Waals surface area contributed by atoms with E-state index in [1.165, 1.54) is 12.8 Å². The van der Waals surface area contributed by atoms with E-state index in [9.17, 15) is 0 Å². The van der Waals surface area contributed by atoms with Crippen molar-refractivity contribution < 1.29 is 4.74 Å². The normalized spacial score (nSPS) is 31.3. The van der Waals surface area contributed by atoms with E-state index in [1.807, 2.05) is 25.9 Å². The molecular formula is C12H24N2O. The van der Waals surface area contributed by atoms with Crippen molar-refractivity contribution in [2.24, 2.45) is 5.92 Å². The molecule has 0 aromatic rings. The molecule has 3 nitrogen and oxygen atoms in total. The summed E-state index contributed by atoms with van der Waals surface area (Å²) in [6, 6.07) is 0. The molecular weight excluding hydrogens is 188 g/mol. The van der Waals surface area contributed by atoms with E-state index in [2.05, 4.69) is 6.92 Å². The van der Waals surface area contributed by atoms with Crippen LogP contribution >= 0.6 is 0 Å². The zero-order valence-electron chi connectivity index (χ0n) is 10.5. The van der Waals surface area contributed by atoms with Gasteiger partial charge in [0.05, 0.1) is 0 Å². The summed E-state index contributed by atoms with van der Waals surface area (Å²) >= 11 is 0. The Balaban J connectivity index is 2.81. The molecule has 1 fully saturated rings. The van der Waals surface area contributed by atoms with Crippen LogP contribution in [-0.4, -0.2) is 37.0 Å². The predicted octanol–water partition coefficient (Wildman–Crippen LogP) is 2.51. The Hall–Kier alpha value is -0.570. The number of hydrogen-bond acceptors (Lipinski definition) is 2. The molecule has 1 aliphatic rings. The van der Waals surface area contributed by atoms with Crippen LogP contribution in [0.25, 0.3) is 0 Å². The van der Waals surface area contributed by atoms with Gasteiger partial charge in [-0.15, -0.1) is 0 Å². The number of ether oxygens (including phenoxy) is 1. The summed E-state index contributed by atoms with van der Waals surface area (Å²) in [6.07, 6.45) is 4.45.